The van der Waals surface area contributed by atoms with Gasteiger partial charge in [-0.15, -0.1) is 0 Å². The van der Waals surface area contributed by atoms with E-state index in [0.29, 0.717) is 13.1 Å². The van der Waals surface area contributed by atoms with Crippen molar-refractivity contribution in [3.8, 4) is 0 Å². The average Bonchev–Trinajstić information content (AvgIpc) is 2.02. The maximum atomic E-state index is 12.0. The van der Waals surface area contributed by atoms with Gasteiger partial charge in [0.25, 0.3) is 15.7 Å². The van der Waals surface area contributed by atoms with Gasteiger partial charge in [0, 0.05) is 36.9 Å². The largest absolute Gasteiger partial charge is 0.299 e. The lowest BCUT2D eigenvalue weighted by atomic mass is 10.3. The standard InChI is InChI=1S/C6H11ClF2N2O2S/c7-14(12,13)11-3-1-10(2-4-11)5-6(8)9/h6H,1-5H2. The first kappa shape index (κ1) is 12.1. The van der Waals surface area contributed by atoms with E-state index >= 15 is 0 Å². The maximum Gasteiger partial charge on any atom is 0.299 e. The third-order valence-corrected chi connectivity index (χ3v) is 3.60. The predicted molar refractivity (Wildman–Crippen MR) is 48.8 cm³/mol. The van der Waals surface area contributed by atoms with E-state index < -0.39 is 15.7 Å². The molecule has 1 rings (SSSR count). The van der Waals surface area contributed by atoms with E-state index in [2.05, 4.69) is 0 Å². The van der Waals surface area contributed by atoms with Gasteiger partial charge < -0.3 is 0 Å². The van der Waals surface area contributed by atoms with Crippen LogP contribution in [0.15, 0.2) is 0 Å². The average molecular weight is 249 g/mol. The molecule has 0 aliphatic carbocycles. The normalized spacial score (nSPS) is 21.7. The molecule has 0 unspecified atom stereocenters. The third kappa shape index (κ3) is 3.64. The first-order chi connectivity index (χ1) is 6.39. The minimum absolute atomic E-state index is 0.179. The molecule has 14 heavy (non-hydrogen) atoms. The molecule has 84 valence electrons. The predicted octanol–water partition coefficient (Wildman–Crippen LogP) is 0.353. The van der Waals surface area contributed by atoms with Crippen molar-refractivity contribution in [2.45, 2.75) is 6.43 Å². The number of nitrogens with zero attached hydrogens (tertiary/aromatic N) is 2. The fraction of sp³-hybridized carbons (Fsp3) is 1.00. The van der Waals surface area contributed by atoms with Gasteiger partial charge in [0.2, 0.25) is 0 Å². The molecule has 1 fully saturated rings. The molecule has 0 amide bonds. The molecule has 1 heterocycles. The van der Waals surface area contributed by atoms with Crippen LogP contribution in [-0.2, 0) is 9.24 Å². The Balaban J connectivity index is 2.39. The van der Waals surface area contributed by atoms with Crippen LogP contribution in [0.1, 0.15) is 0 Å². The summed E-state index contributed by atoms with van der Waals surface area (Å²) in [5, 5.41) is 0. The Morgan fingerprint density at radius 3 is 2.07 bits per heavy atom. The molecule has 0 spiro atoms. The van der Waals surface area contributed by atoms with Crippen LogP contribution in [0, 0.1) is 0 Å². The Morgan fingerprint density at radius 2 is 1.71 bits per heavy atom. The zero-order valence-electron chi connectivity index (χ0n) is 7.37. The van der Waals surface area contributed by atoms with E-state index in [1.807, 2.05) is 0 Å². The summed E-state index contributed by atoms with van der Waals surface area (Å²) >= 11 is 0. The summed E-state index contributed by atoms with van der Waals surface area (Å²) in [5.41, 5.74) is 0. The molecular formula is C6H11ClF2N2O2S. The van der Waals surface area contributed by atoms with Crippen molar-refractivity contribution in [2.24, 2.45) is 0 Å². The smallest absolute Gasteiger partial charge is 0.295 e. The van der Waals surface area contributed by atoms with Gasteiger partial charge in [0.15, 0.2) is 0 Å². The van der Waals surface area contributed by atoms with E-state index in [1.165, 1.54) is 4.90 Å². The van der Waals surface area contributed by atoms with Crippen molar-refractivity contribution >= 4 is 19.9 Å². The van der Waals surface area contributed by atoms with Gasteiger partial charge in [-0.3, -0.25) is 4.90 Å². The Bertz CT molecular complexity index is 278. The molecule has 0 atom stereocenters. The lowest BCUT2D eigenvalue weighted by Crippen LogP contribution is -2.48. The monoisotopic (exact) mass is 248 g/mol. The molecule has 8 heteroatoms. The van der Waals surface area contributed by atoms with E-state index in [4.69, 9.17) is 10.7 Å². The zero-order chi connectivity index (χ0) is 10.8. The van der Waals surface area contributed by atoms with Crippen molar-refractivity contribution in [1.82, 2.24) is 9.21 Å². The fourth-order valence-corrected chi connectivity index (χ4v) is 2.34. The maximum absolute atomic E-state index is 12.0. The van der Waals surface area contributed by atoms with Crippen LogP contribution < -0.4 is 0 Å². The summed E-state index contributed by atoms with van der Waals surface area (Å²) in [4.78, 5) is 1.52. The highest BCUT2D eigenvalue weighted by molar-refractivity contribution is 8.11. The summed E-state index contributed by atoms with van der Waals surface area (Å²) in [7, 11) is 1.41. The molecule has 1 aliphatic rings. The Labute approximate surface area is 86.0 Å². The second-order valence-electron chi connectivity index (χ2n) is 3.03. The minimum atomic E-state index is -3.69. The summed E-state index contributed by atoms with van der Waals surface area (Å²) < 4.78 is 46.7. The number of halogens is 3. The van der Waals surface area contributed by atoms with Crippen LogP contribution in [0.5, 0.6) is 0 Å². The molecule has 4 nitrogen and oxygen atoms in total. The number of rotatable bonds is 3. The molecule has 0 N–H and O–H groups in total. The lowest BCUT2D eigenvalue weighted by molar-refractivity contribution is 0.0719. The van der Waals surface area contributed by atoms with Crippen molar-refractivity contribution < 1.29 is 17.2 Å². The Hall–Kier alpha value is 0.0200. The van der Waals surface area contributed by atoms with E-state index in [-0.39, 0.29) is 19.6 Å². The molecule has 0 saturated carbocycles. The number of hydrogen-bond donors (Lipinski definition) is 0. The molecule has 0 aromatic carbocycles. The third-order valence-electron chi connectivity index (χ3n) is 2.04. The van der Waals surface area contributed by atoms with Crippen LogP contribution >= 0.6 is 10.7 Å². The molecule has 0 aromatic rings. The molecule has 0 aromatic heterocycles. The Morgan fingerprint density at radius 1 is 1.21 bits per heavy atom. The van der Waals surface area contributed by atoms with E-state index in [1.54, 1.807) is 0 Å². The van der Waals surface area contributed by atoms with Crippen molar-refractivity contribution in [3.63, 3.8) is 0 Å². The summed E-state index contributed by atoms with van der Waals surface area (Å²) in [6, 6.07) is 0. The minimum Gasteiger partial charge on any atom is -0.295 e. The highest BCUT2D eigenvalue weighted by Gasteiger charge is 2.25. The van der Waals surface area contributed by atoms with Gasteiger partial charge in [0.1, 0.15) is 0 Å². The van der Waals surface area contributed by atoms with Crippen LogP contribution in [0.4, 0.5) is 8.78 Å². The number of hydrogen-bond acceptors (Lipinski definition) is 3. The highest BCUT2D eigenvalue weighted by Crippen LogP contribution is 2.11. The van der Waals surface area contributed by atoms with Crippen LogP contribution in [0.2, 0.25) is 0 Å². The van der Waals surface area contributed by atoms with Gasteiger partial charge in [0.05, 0.1) is 6.54 Å². The SMILES string of the molecule is O=S(=O)(Cl)N1CCN(CC(F)F)CC1. The number of alkyl halides is 2. The van der Waals surface area contributed by atoms with Crippen molar-refractivity contribution in [1.29, 1.82) is 0 Å². The summed E-state index contributed by atoms with van der Waals surface area (Å²) in [6.07, 6.45) is -2.38. The zero-order valence-corrected chi connectivity index (χ0v) is 8.94. The number of piperazine rings is 1. The van der Waals surface area contributed by atoms with Gasteiger partial charge in [-0.25, -0.2) is 8.78 Å². The van der Waals surface area contributed by atoms with E-state index in [9.17, 15) is 17.2 Å². The van der Waals surface area contributed by atoms with Gasteiger partial charge in [-0.2, -0.15) is 12.7 Å². The Kier molecular flexibility index (Phi) is 4.05. The molecular weight excluding hydrogens is 238 g/mol. The second-order valence-corrected chi connectivity index (χ2v) is 5.54. The first-order valence-electron chi connectivity index (χ1n) is 4.10. The fourth-order valence-electron chi connectivity index (χ4n) is 1.33. The van der Waals surface area contributed by atoms with Crippen LogP contribution in [0.3, 0.4) is 0 Å². The molecule has 0 radical (unpaired) electrons. The first-order valence-corrected chi connectivity index (χ1v) is 6.36. The van der Waals surface area contributed by atoms with Crippen LogP contribution in [0.25, 0.3) is 0 Å². The van der Waals surface area contributed by atoms with E-state index in [0.717, 1.165) is 4.31 Å². The molecule has 0 bridgehead atoms. The summed E-state index contributed by atoms with van der Waals surface area (Å²) in [5.74, 6) is 0. The topological polar surface area (TPSA) is 40.6 Å². The van der Waals surface area contributed by atoms with Gasteiger partial charge in [-0.05, 0) is 0 Å². The molecule has 1 aliphatic heterocycles. The second kappa shape index (κ2) is 4.69. The quantitative estimate of drug-likeness (QED) is 0.677. The van der Waals surface area contributed by atoms with Crippen molar-refractivity contribution in [2.75, 3.05) is 32.7 Å². The molecule has 1 saturated heterocycles. The van der Waals surface area contributed by atoms with Crippen molar-refractivity contribution in [3.05, 3.63) is 0 Å². The van der Waals surface area contributed by atoms with Gasteiger partial charge in [-0.1, -0.05) is 0 Å². The lowest BCUT2D eigenvalue weighted by Gasteiger charge is -2.31. The highest BCUT2D eigenvalue weighted by atomic mass is 35.7. The summed E-state index contributed by atoms with van der Waals surface area (Å²) in [6.45, 7) is 0.653. The van der Waals surface area contributed by atoms with Crippen LogP contribution in [-0.4, -0.2) is 56.8 Å². The van der Waals surface area contributed by atoms with Gasteiger partial charge >= 0.3 is 0 Å².